The van der Waals surface area contributed by atoms with Crippen LogP contribution >= 0.6 is 0 Å². The molecule has 7 nitrogen and oxygen atoms in total. The van der Waals surface area contributed by atoms with E-state index in [-0.39, 0.29) is 48.4 Å². The fraction of sp³-hybridized carbons (Fsp3) is 0.656. The third kappa shape index (κ3) is 9.01. The van der Waals surface area contributed by atoms with Crippen LogP contribution in [-0.4, -0.2) is 63.3 Å². The molecule has 0 radical (unpaired) electrons. The van der Waals surface area contributed by atoms with Crippen LogP contribution in [0.15, 0.2) is 30.3 Å². The van der Waals surface area contributed by atoms with Crippen LogP contribution in [0.4, 0.5) is 22.0 Å². The van der Waals surface area contributed by atoms with Crippen LogP contribution in [0.1, 0.15) is 108 Å². The molecular formula is C32H43F5N4O3. The van der Waals surface area contributed by atoms with Crippen LogP contribution in [0, 0.1) is 0 Å². The van der Waals surface area contributed by atoms with Crippen molar-refractivity contribution >= 4 is 11.9 Å². The quantitative estimate of drug-likeness (QED) is 0.220. The highest BCUT2D eigenvalue weighted by Gasteiger charge is 2.38. The van der Waals surface area contributed by atoms with E-state index in [1.54, 1.807) is 25.7 Å². The Hall–Kier alpha value is -3.02. The number of alkyl halides is 5. The molecule has 2 aromatic rings. The zero-order valence-corrected chi connectivity index (χ0v) is 25.9. The molecule has 1 saturated heterocycles. The molecule has 1 saturated carbocycles. The molecule has 1 aliphatic carbocycles. The van der Waals surface area contributed by atoms with Gasteiger partial charge in [-0.2, -0.15) is 18.3 Å². The Bertz CT molecular complexity index is 1300. The summed E-state index contributed by atoms with van der Waals surface area (Å²) in [6.07, 6.45) is -0.480. The Kier molecular flexibility index (Phi) is 10.4. The van der Waals surface area contributed by atoms with Crippen molar-refractivity contribution in [2.75, 3.05) is 13.1 Å². The molecule has 1 N–H and O–H groups in total. The highest BCUT2D eigenvalue weighted by molar-refractivity contribution is 5.94. The number of esters is 1. The van der Waals surface area contributed by atoms with Crippen molar-refractivity contribution in [2.45, 2.75) is 121 Å². The third-order valence-electron chi connectivity index (χ3n) is 8.29. The molecule has 1 amide bonds. The average Bonchev–Trinajstić information content (AvgIpc) is 3.60. The fourth-order valence-electron chi connectivity index (χ4n) is 6.15. The Labute approximate surface area is 255 Å². The Morgan fingerprint density at radius 1 is 1.09 bits per heavy atom. The highest BCUT2D eigenvalue weighted by Crippen LogP contribution is 2.40. The number of halogens is 5. The normalized spacial score (nSPS) is 19.5. The molecular weight excluding hydrogens is 583 g/mol. The summed E-state index contributed by atoms with van der Waals surface area (Å²) in [5.41, 5.74) is -1.47. The van der Waals surface area contributed by atoms with Gasteiger partial charge in [0.1, 0.15) is 5.60 Å². The number of carbonyl (C=O) groups excluding carboxylic acids is 2. The number of rotatable bonds is 10. The summed E-state index contributed by atoms with van der Waals surface area (Å²) in [4.78, 5) is 28.1. The maximum absolute atomic E-state index is 14.0. The standard InChI is InChI=1S/C32H43F5N4O3/c1-21(40-17-9-16-31(33,34)20-40)14-15-22(18-28(42)44-30(2,3)4)38-29(43)26-19-27(41(39-26)23-10-5-6-11-23)24-12-7-8-13-25(24)32(35,36)37/h7-8,12-13,19,21-23H,5-6,9-11,14-18,20H2,1-4H3,(H,38,43)/t21?,22-/m0/s1. The van der Waals surface area contributed by atoms with Crippen molar-refractivity contribution in [3.05, 3.63) is 41.6 Å². The number of likely N-dealkylation sites (tertiary alicyclic amines) is 1. The lowest BCUT2D eigenvalue weighted by Crippen LogP contribution is -2.47. The Morgan fingerprint density at radius 2 is 1.77 bits per heavy atom. The van der Waals surface area contributed by atoms with E-state index in [1.807, 2.05) is 6.92 Å². The summed E-state index contributed by atoms with van der Waals surface area (Å²) < 4.78 is 76.9. The molecule has 44 heavy (non-hydrogen) atoms. The smallest absolute Gasteiger partial charge is 0.417 e. The number of benzene rings is 1. The number of hydrogen-bond donors (Lipinski definition) is 1. The minimum Gasteiger partial charge on any atom is -0.460 e. The van der Waals surface area contributed by atoms with E-state index in [2.05, 4.69) is 10.4 Å². The Balaban J connectivity index is 1.57. The van der Waals surface area contributed by atoms with Gasteiger partial charge in [0.15, 0.2) is 5.69 Å². The summed E-state index contributed by atoms with van der Waals surface area (Å²) in [7, 11) is 0. The number of ether oxygens (including phenoxy) is 1. The van der Waals surface area contributed by atoms with Crippen molar-refractivity contribution < 1.29 is 36.3 Å². The molecule has 0 spiro atoms. The fourth-order valence-corrected chi connectivity index (χ4v) is 6.15. The number of nitrogens with zero attached hydrogens (tertiary/aromatic N) is 3. The first kappa shape index (κ1) is 33.9. The van der Waals surface area contributed by atoms with E-state index in [0.717, 1.165) is 31.7 Å². The molecule has 244 valence electrons. The molecule has 1 aliphatic heterocycles. The largest absolute Gasteiger partial charge is 0.460 e. The van der Waals surface area contributed by atoms with Gasteiger partial charge in [-0.05, 0) is 78.5 Å². The van der Waals surface area contributed by atoms with Crippen LogP contribution in [-0.2, 0) is 15.7 Å². The number of amides is 1. The van der Waals surface area contributed by atoms with Crippen molar-refractivity contribution in [2.24, 2.45) is 0 Å². The first-order chi connectivity index (χ1) is 20.5. The zero-order valence-electron chi connectivity index (χ0n) is 25.9. The van der Waals surface area contributed by atoms with Crippen LogP contribution in [0.25, 0.3) is 11.3 Å². The molecule has 12 heteroatoms. The molecule has 2 heterocycles. The maximum atomic E-state index is 14.0. The molecule has 2 fully saturated rings. The third-order valence-corrected chi connectivity index (χ3v) is 8.29. The molecule has 2 aliphatic rings. The summed E-state index contributed by atoms with van der Waals surface area (Å²) in [5.74, 6) is -3.91. The number of piperidine rings is 1. The molecule has 2 atom stereocenters. The second-order valence-electron chi connectivity index (χ2n) is 13.2. The van der Waals surface area contributed by atoms with E-state index < -0.39 is 41.2 Å². The van der Waals surface area contributed by atoms with Gasteiger partial charge in [0.25, 0.3) is 11.8 Å². The van der Waals surface area contributed by atoms with Crippen LogP contribution in [0.3, 0.4) is 0 Å². The van der Waals surface area contributed by atoms with Gasteiger partial charge in [0, 0.05) is 24.1 Å². The lowest BCUT2D eigenvalue weighted by molar-refractivity contribution is -0.155. The van der Waals surface area contributed by atoms with Gasteiger partial charge in [-0.1, -0.05) is 31.0 Å². The van der Waals surface area contributed by atoms with Crippen molar-refractivity contribution in [1.29, 1.82) is 0 Å². The van der Waals surface area contributed by atoms with E-state index in [1.165, 1.54) is 28.9 Å². The van der Waals surface area contributed by atoms with Gasteiger partial charge < -0.3 is 10.1 Å². The lowest BCUT2D eigenvalue weighted by Gasteiger charge is -2.37. The summed E-state index contributed by atoms with van der Waals surface area (Å²) in [6.45, 7) is 7.24. The number of aromatic nitrogens is 2. The van der Waals surface area contributed by atoms with E-state index in [4.69, 9.17) is 4.74 Å². The maximum Gasteiger partial charge on any atom is 0.417 e. The first-order valence-electron chi connectivity index (χ1n) is 15.4. The minimum absolute atomic E-state index is 0.0539. The van der Waals surface area contributed by atoms with Crippen molar-refractivity contribution in [3.63, 3.8) is 0 Å². The van der Waals surface area contributed by atoms with Gasteiger partial charge in [0.2, 0.25) is 0 Å². The van der Waals surface area contributed by atoms with Crippen molar-refractivity contribution in [1.82, 2.24) is 20.0 Å². The number of hydrogen-bond acceptors (Lipinski definition) is 5. The molecule has 4 rings (SSSR count). The second-order valence-corrected chi connectivity index (χ2v) is 13.2. The van der Waals surface area contributed by atoms with E-state index in [0.29, 0.717) is 25.8 Å². The SMILES string of the molecule is CC(CC[C@@H](CC(=O)OC(C)(C)C)NC(=O)c1cc(-c2ccccc2C(F)(F)F)n(C2CCCC2)n1)N1CCCC(F)(F)C1. The van der Waals surface area contributed by atoms with E-state index >= 15 is 0 Å². The van der Waals surface area contributed by atoms with Gasteiger partial charge >= 0.3 is 12.1 Å². The topological polar surface area (TPSA) is 76.5 Å². The first-order valence-corrected chi connectivity index (χ1v) is 15.4. The zero-order chi connectivity index (χ0) is 32.3. The van der Waals surface area contributed by atoms with Gasteiger partial charge in [-0.15, -0.1) is 0 Å². The molecule has 1 unspecified atom stereocenters. The predicted octanol–water partition coefficient (Wildman–Crippen LogP) is 7.41. The van der Waals surface area contributed by atoms with Gasteiger partial charge in [-0.25, -0.2) is 8.78 Å². The summed E-state index contributed by atoms with van der Waals surface area (Å²) in [6, 6.07) is 5.55. The second kappa shape index (κ2) is 13.5. The van der Waals surface area contributed by atoms with E-state index in [9.17, 15) is 31.5 Å². The Morgan fingerprint density at radius 3 is 2.41 bits per heavy atom. The number of nitrogens with one attached hydrogen (secondary N) is 1. The van der Waals surface area contributed by atoms with Gasteiger partial charge in [-0.3, -0.25) is 19.2 Å². The molecule has 1 aromatic heterocycles. The monoisotopic (exact) mass is 626 g/mol. The summed E-state index contributed by atoms with van der Waals surface area (Å²) >= 11 is 0. The van der Waals surface area contributed by atoms with Crippen molar-refractivity contribution in [3.8, 4) is 11.3 Å². The van der Waals surface area contributed by atoms with Crippen LogP contribution < -0.4 is 5.32 Å². The lowest BCUT2D eigenvalue weighted by atomic mass is 10.00. The van der Waals surface area contributed by atoms with Gasteiger partial charge in [0.05, 0.1) is 30.3 Å². The minimum atomic E-state index is -4.60. The van der Waals surface area contributed by atoms with Crippen LogP contribution in [0.5, 0.6) is 0 Å². The predicted molar refractivity (Wildman–Crippen MR) is 156 cm³/mol. The summed E-state index contributed by atoms with van der Waals surface area (Å²) in [5, 5.41) is 7.34. The number of carbonyl (C=O) groups is 2. The van der Waals surface area contributed by atoms with Crippen LogP contribution in [0.2, 0.25) is 0 Å². The average molecular weight is 627 g/mol. The molecule has 1 aromatic carbocycles. The molecule has 0 bridgehead atoms. The highest BCUT2D eigenvalue weighted by atomic mass is 19.4.